The van der Waals surface area contributed by atoms with Crippen molar-refractivity contribution in [3.05, 3.63) is 65.5 Å². The number of fused-ring (bicyclic) bond motifs is 1. The lowest BCUT2D eigenvalue weighted by atomic mass is 9.73. The van der Waals surface area contributed by atoms with Gasteiger partial charge in [-0.1, -0.05) is 43.0 Å². The van der Waals surface area contributed by atoms with Crippen LogP contribution in [0, 0.1) is 17.7 Å². The van der Waals surface area contributed by atoms with Crippen LogP contribution in [0.25, 0.3) is 0 Å². The summed E-state index contributed by atoms with van der Waals surface area (Å²) >= 11 is 0. The third-order valence-electron chi connectivity index (χ3n) is 6.06. The number of urea groups is 1. The summed E-state index contributed by atoms with van der Waals surface area (Å²) in [5.74, 6) is 5.41. The minimum absolute atomic E-state index is 0.0746. The second-order valence-electron chi connectivity index (χ2n) is 8.11. The van der Waals surface area contributed by atoms with Crippen LogP contribution in [-0.4, -0.2) is 58.6 Å². The Morgan fingerprint density at radius 3 is 2.66 bits per heavy atom. The van der Waals surface area contributed by atoms with Crippen LogP contribution in [0.2, 0.25) is 0 Å². The Balaban J connectivity index is 1.50. The lowest BCUT2D eigenvalue weighted by molar-refractivity contribution is -0.159. The molecule has 2 heterocycles. The Hall–Kier alpha value is -3.37. The molecule has 2 aromatic carbocycles. The maximum absolute atomic E-state index is 13.9. The topological polar surface area (TPSA) is 72.9 Å². The Bertz CT molecular complexity index is 1060. The van der Waals surface area contributed by atoms with Crippen molar-refractivity contribution in [2.75, 3.05) is 25.0 Å². The van der Waals surface area contributed by atoms with Crippen LogP contribution in [0.1, 0.15) is 36.8 Å². The number of piperazine rings is 1. The van der Waals surface area contributed by atoms with Crippen molar-refractivity contribution in [1.29, 1.82) is 0 Å². The fourth-order valence-electron chi connectivity index (χ4n) is 4.49. The SMILES string of the molecule is CCCC#Cc1ccc([C@H]2[C@@H](CO)N3C(=O)CN(C(=O)Nc4ccccc4F)C[C@H]23)cc1. The number of unbranched alkanes of at least 4 members (excludes halogenated alkanes) is 1. The molecule has 0 bridgehead atoms. The highest BCUT2D eigenvalue weighted by Gasteiger charge is 2.54. The normalized spacial score (nSPS) is 21.8. The summed E-state index contributed by atoms with van der Waals surface area (Å²) in [4.78, 5) is 28.5. The van der Waals surface area contributed by atoms with E-state index in [0.717, 1.165) is 24.0 Å². The molecule has 0 unspecified atom stereocenters. The molecule has 3 amide bonds. The molecular formula is C25H26FN3O3. The fraction of sp³-hybridized carbons (Fsp3) is 0.360. The third kappa shape index (κ3) is 4.19. The van der Waals surface area contributed by atoms with Gasteiger partial charge >= 0.3 is 6.03 Å². The van der Waals surface area contributed by atoms with Gasteiger partial charge in [0, 0.05) is 24.4 Å². The van der Waals surface area contributed by atoms with Crippen LogP contribution in [0.4, 0.5) is 14.9 Å². The van der Waals surface area contributed by atoms with E-state index in [2.05, 4.69) is 24.1 Å². The van der Waals surface area contributed by atoms with Gasteiger partial charge in [0.15, 0.2) is 0 Å². The van der Waals surface area contributed by atoms with Crippen molar-refractivity contribution in [2.24, 2.45) is 0 Å². The Labute approximate surface area is 187 Å². The van der Waals surface area contributed by atoms with Gasteiger partial charge in [-0.25, -0.2) is 9.18 Å². The van der Waals surface area contributed by atoms with Crippen molar-refractivity contribution < 1.29 is 19.1 Å². The maximum Gasteiger partial charge on any atom is 0.322 e. The number of aliphatic hydroxyl groups is 1. The molecule has 32 heavy (non-hydrogen) atoms. The lowest BCUT2D eigenvalue weighted by Crippen LogP contribution is -2.73. The van der Waals surface area contributed by atoms with E-state index in [1.54, 1.807) is 17.0 Å². The van der Waals surface area contributed by atoms with Gasteiger partial charge in [-0.2, -0.15) is 0 Å². The van der Waals surface area contributed by atoms with Gasteiger partial charge in [-0.3, -0.25) is 4.79 Å². The zero-order chi connectivity index (χ0) is 22.7. The molecule has 0 spiro atoms. The summed E-state index contributed by atoms with van der Waals surface area (Å²) < 4.78 is 13.9. The number of nitrogens with one attached hydrogen (secondary N) is 1. The lowest BCUT2D eigenvalue weighted by Gasteiger charge is -2.58. The molecule has 2 saturated heterocycles. The predicted molar refractivity (Wildman–Crippen MR) is 119 cm³/mol. The molecule has 4 rings (SSSR count). The number of hydrogen-bond donors (Lipinski definition) is 2. The molecule has 6 nitrogen and oxygen atoms in total. The molecule has 0 saturated carbocycles. The zero-order valence-corrected chi connectivity index (χ0v) is 17.9. The minimum Gasteiger partial charge on any atom is -0.394 e. The van der Waals surface area contributed by atoms with Crippen LogP contribution in [-0.2, 0) is 4.79 Å². The van der Waals surface area contributed by atoms with E-state index in [1.807, 2.05) is 24.3 Å². The number of anilines is 1. The molecule has 2 aliphatic heterocycles. The first-order valence-electron chi connectivity index (χ1n) is 10.8. The van der Waals surface area contributed by atoms with Gasteiger partial charge in [-0.05, 0) is 36.2 Å². The standard InChI is InChI=1S/C25H26FN3O3/c1-2-3-4-7-17-10-12-18(13-11-17)24-21-14-28(15-23(31)29(21)22(24)16-30)25(32)27-20-9-6-5-8-19(20)26/h5-6,8-13,21-22,24,30H,2-3,14-16H2,1H3,(H,27,32)/t21-,22-,24-/m1/s1. The van der Waals surface area contributed by atoms with E-state index in [-0.39, 0.29) is 42.7 Å². The predicted octanol–water partition coefficient (Wildman–Crippen LogP) is 3.18. The summed E-state index contributed by atoms with van der Waals surface area (Å²) in [6.07, 6.45) is 1.86. The molecule has 166 valence electrons. The largest absolute Gasteiger partial charge is 0.394 e. The highest BCUT2D eigenvalue weighted by Crippen LogP contribution is 2.43. The Kier molecular flexibility index (Phi) is 6.42. The van der Waals surface area contributed by atoms with Crippen LogP contribution >= 0.6 is 0 Å². The first-order chi connectivity index (χ1) is 15.5. The van der Waals surface area contributed by atoms with Crippen molar-refractivity contribution in [3.8, 4) is 11.8 Å². The van der Waals surface area contributed by atoms with E-state index in [4.69, 9.17) is 0 Å². The molecule has 2 aromatic rings. The summed E-state index contributed by atoms with van der Waals surface area (Å²) in [5.41, 5.74) is 1.99. The smallest absolute Gasteiger partial charge is 0.322 e. The van der Waals surface area contributed by atoms with Crippen LogP contribution in [0.5, 0.6) is 0 Å². The number of amides is 3. The number of hydrogen-bond acceptors (Lipinski definition) is 3. The van der Waals surface area contributed by atoms with Crippen molar-refractivity contribution in [3.63, 3.8) is 0 Å². The molecule has 0 aliphatic carbocycles. The van der Waals surface area contributed by atoms with Crippen LogP contribution < -0.4 is 5.32 Å². The molecule has 2 N–H and O–H groups in total. The molecule has 2 aliphatic rings. The van der Waals surface area contributed by atoms with E-state index >= 15 is 0 Å². The maximum atomic E-state index is 13.9. The zero-order valence-electron chi connectivity index (χ0n) is 17.9. The summed E-state index contributed by atoms with van der Waals surface area (Å²) in [7, 11) is 0. The average Bonchev–Trinajstić information content (AvgIpc) is 2.78. The Morgan fingerprint density at radius 2 is 1.97 bits per heavy atom. The van der Waals surface area contributed by atoms with Crippen molar-refractivity contribution >= 4 is 17.6 Å². The fourth-order valence-corrected chi connectivity index (χ4v) is 4.49. The van der Waals surface area contributed by atoms with Crippen LogP contribution in [0.15, 0.2) is 48.5 Å². The number of carbonyl (C=O) groups is 2. The van der Waals surface area contributed by atoms with Crippen molar-refractivity contribution in [1.82, 2.24) is 9.80 Å². The van der Waals surface area contributed by atoms with Gasteiger partial charge in [0.25, 0.3) is 0 Å². The second kappa shape index (κ2) is 9.41. The number of carbonyl (C=O) groups excluding carboxylic acids is 2. The molecule has 0 aromatic heterocycles. The number of rotatable bonds is 4. The summed E-state index contributed by atoms with van der Waals surface area (Å²) in [5, 5.41) is 12.5. The monoisotopic (exact) mass is 435 g/mol. The van der Waals surface area contributed by atoms with Crippen molar-refractivity contribution in [2.45, 2.75) is 37.8 Å². The van der Waals surface area contributed by atoms with E-state index in [9.17, 15) is 19.1 Å². The van der Waals surface area contributed by atoms with Gasteiger partial charge in [-0.15, -0.1) is 0 Å². The van der Waals surface area contributed by atoms with E-state index < -0.39 is 11.8 Å². The Morgan fingerprint density at radius 1 is 1.22 bits per heavy atom. The second-order valence-corrected chi connectivity index (χ2v) is 8.11. The molecule has 7 heteroatoms. The average molecular weight is 435 g/mol. The number of nitrogens with zero attached hydrogens (tertiary/aromatic N) is 2. The molecule has 3 atom stereocenters. The molecule has 0 radical (unpaired) electrons. The first kappa shape index (κ1) is 21.8. The van der Waals surface area contributed by atoms with E-state index in [0.29, 0.717) is 6.54 Å². The summed E-state index contributed by atoms with van der Waals surface area (Å²) in [6, 6.07) is 12.7. The first-order valence-corrected chi connectivity index (χ1v) is 10.8. The minimum atomic E-state index is -0.533. The third-order valence-corrected chi connectivity index (χ3v) is 6.06. The van der Waals surface area contributed by atoms with Gasteiger partial charge in [0.05, 0.1) is 24.4 Å². The number of aliphatic hydroxyl groups excluding tert-OH is 1. The van der Waals surface area contributed by atoms with Gasteiger partial charge in [0.1, 0.15) is 12.4 Å². The summed E-state index contributed by atoms with van der Waals surface area (Å²) in [6.45, 7) is 2.14. The highest BCUT2D eigenvalue weighted by atomic mass is 19.1. The number of halogens is 1. The molecular weight excluding hydrogens is 409 g/mol. The quantitative estimate of drug-likeness (QED) is 0.725. The van der Waals surface area contributed by atoms with Gasteiger partial charge in [0.2, 0.25) is 5.91 Å². The van der Waals surface area contributed by atoms with E-state index in [1.165, 1.54) is 17.0 Å². The van der Waals surface area contributed by atoms with Crippen LogP contribution in [0.3, 0.4) is 0 Å². The number of para-hydroxylation sites is 1. The van der Waals surface area contributed by atoms with Gasteiger partial charge < -0.3 is 20.2 Å². The molecule has 2 fully saturated rings. The highest BCUT2D eigenvalue weighted by molar-refractivity contribution is 5.93. The number of benzene rings is 2.